The molecule has 4 rings (SSSR count). The summed E-state index contributed by atoms with van der Waals surface area (Å²) in [6, 6.07) is 9.20. The summed E-state index contributed by atoms with van der Waals surface area (Å²) >= 11 is 8.48. The van der Waals surface area contributed by atoms with Crippen LogP contribution in [-0.4, -0.2) is 30.6 Å². The maximum atomic E-state index is 6.62. The van der Waals surface area contributed by atoms with Gasteiger partial charge in [0.15, 0.2) is 0 Å². The van der Waals surface area contributed by atoms with Crippen molar-refractivity contribution >= 4 is 33.0 Å². The quantitative estimate of drug-likeness (QED) is 0.920. The maximum Gasteiger partial charge on any atom is 0.0637 e. The molecule has 112 valence electrons. The van der Waals surface area contributed by atoms with Gasteiger partial charge in [-0.05, 0) is 37.4 Å². The van der Waals surface area contributed by atoms with Crippen molar-refractivity contribution in [2.75, 3.05) is 19.6 Å². The molecule has 0 spiro atoms. The first kappa shape index (κ1) is 14.0. The second kappa shape index (κ2) is 5.54. The van der Waals surface area contributed by atoms with Gasteiger partial charge in [-0.1, -0.05) is 36.7 Å². The summed E-state index contributed by atoms with van der Waals surface area (Å²) in [7, 11) is 0. The zero-order valence-corrected chi connectivity index (χ0v) is 13.9. The minimum absolute atomic E-state index is 0.714. The van der Waals surface area contributed by atoms with Crippen LogP contribution in [0, 0.1) is 11.8 Å². The van der Waals surface area contributed by atoms with Crippen LogP contribution in [0.1, 0.15) is 18.2 Å². The average molecular weight is 321 g/mol. The molecule has 2 aliphatic heterocycles. The van der Waals surface area contributed by atoms with Crippen LogP contribution in [0.25, 0.3) is 10.1 Å². The second-order valence-electron chi connectivity index (χ2n) is 6.32. The summed E-state index contributed by atoms with van der Waals surface area (Å²) in [6.07, 6.45) is 1.24. The number of fused-ring (bicyclic) bond motifs is 2. The van der Waals surface area contributed by atoms with Crippen LogP contribution >= 0.6 is 22.9 Å². The van der Waals surface area contributed by atoms with E-state index in [0.717, 1.165) is 23.4 Å². The molecular weight excluding hydrogens is 300 g/mol. The molecule has 3 heterocycles. The largest absolute Gasteiger partial charge is 0.316 e. The van der Waals surface area contributed by atoms with Crippen LogP contribution in [0.15, 0.2) is 24.3 Å². The minimum atomic E-state index is 0.714. The van der Waals surface area contributed by atoms with E-state index in [2.05, 4.69) is 41.4 Å². The highest BCUT2D eigenvalue weighted by atomic mass is 35.5. The first-order chi connectivity index (χ1) is 10.3. The fraction of sp³-hybridized carbons (Fsp3) is 0.529. The van der Waals surface area contributed by atoms with Crippen LogP contribution in [0.3, 0.4) is 0 Å². The highest BCUT2D eigenvalue weighted by Gasteiger charge is 2.43. The molecule has 0 bridgehead atoms. The fourth-order valence-electron chi connectivity index (χ4n) is 4.20. The van der Waals surface area contributed by atoms with E-state index in [1.807, 2.05) is 11.3 Å². The van der Waals surface area contributed by atoms with E-state index in [1.165, 1.54) is 41.0 Å². The van der Waals surface area contributed by atoms with Gasteiger partial charge in [-0.2, -0.15) is 0 Å². The van der Waals surface area contributed by atoms with Crippen molar-refractivity contribution in [1.82, 2.24) is 10.2 Å². The number of nitrogens with one attached hydrogen (secondary N) is 1. The number of thiophene rings is 1. The summed E-state index contributed by atoms with van der Waals surface area (Å²) in [5.74, 6) is 1.67. The van der Waals surface area contributed by atoms with Crippen molar-refractivity contribution in [3.63, 3.8) is 0 Å². The number of halogens is 1. The Bertz CT molecular complexity index is 653. The van der Waals surface area contributed by atoms with E-state index in [9.17, 15) is 0 Å². The molecule has 3 unspecified atom stereocenters. The molecule has 4 heteroatoms. The molecule has 1 aromatic carbocycles. The third-order valence-electron chi connectivity index (χ3n) is 5.19. The Morgan fingerprint density at radius 3 is 3.00 bits per heavy atom. The molecule has 1 N–H and O–H groups in total. The van der Waals surface area contributed by atoms with E-state index in [4.69, 9.17) is 11.6 Å². The van der Waals surface area contributed by atoms with Crippen LogP contribution in [0.4, 0.5) is 0 Å². The third kappa shape index (κ3) is 2.31. The predicted octanol–water partition coefficient (Wildman–Crippen LogP) is 3.98. The lowest BCUT2D eigenvalue weighted by Crippen LogP contribution is -2.34. The molecule has 0 aliphatic carbocycles. The molecule has 0 saturated carbocycles. The van der Waals surface area contributed by atoms with E-state index >= 15 is 0 Å². The fourth-order valence-corrected chi connectivity index (χ4v) is 5.72. The molecule has 2 nitrogen and oxygen atoms in total. The predicted molar refractivity (Wildman–Crippen MR) is 91.2 cm³/mol. The Morgan fingerprint density at radius 2 is 2.19 bits per heavy atom. The Balaban J connectivity index is 1.61. The third-order valence-corrected chi connectivity index (χ3v) is 6.89. The summed E-state index contributed by atoms with van der Waals surface area (Å²) in [4.78, 5) is 4.01. The summed E-state index contributed by atoms with van der Waals surface area (Å²) in [5, 5.41) is 5.74. The molecule has 2 saturated heterocycles. The number of benzene rings is 1. The van der Waals surface area contributed by atoms with Gasteiger partial charge in [-0.3, -0.25) is 4.90 Å². The van der Waals surface area contributed by atoms with Crippen LogP contribution in [0.5, 0.6) is 0 Å². The van der Waals surface area contributed by atoms with E-state index in [0.29, 0.717) is 6.04 Å². The number of likely N-dealkylation sites (tertiary alicyclic amines) is 1. The Kier molecular flexibility index (Phi) is 3.70. The lowest BCUT2D eigenvalue weighted by molar-refractivity contribution is 0.212. The molecule has 0 radical (unpaired) electrons. The van der Waals surface area contributed by atoms with Gasteiger partial charge < -0.3 is 5.32 Å². The monoisotopic (exact) mass is 320 g/mol. The van der Waals surface area contributed by atoms with Crippen LogP contribution in [-0.2, 0) is 6.54 Å². The summed E-state index contributed by atoms with van der Waals surface area (Å²) in [6.45, 7) is 6.95. The van der Waals surface area contributed by atoms with E-state index < -0.39 is 0 Å². The number of rotatable bonds is 3. The summed E-state index contributed by atoms with van der Waals surface area (Å²) < 4.78 is 1.31. The first-order valence-corrected chi connectivity index (χ1v) is 9.08. The topological polar surface area (TPSA) is 15.3 Å². The number of nitrogens with zero attached hydrogens (tertiary/aromatic N) is 1. The van der Waals surface area contributed by atoms with Crippen LogP contribution in [0.2, 0.25) is 5.02 Å². The molecule has 2 aromatic rings. The van der Waals surface area contributed by atoms with Crippen molar-refractivity contribution in [3.05, 3.63) is 34.2 Å². The maximum absolute atomic E-state index is 6.62. The van der Waals surface area contributed by atoms with Crippen molar-refractivity contribution in [3.8, 4) is 0 Å². The Hall–Kier alpha value is -0.610. The standard InChI is InChI=1S/C17H21ClN2S/c1-2-14-13-8-19-7-11(13)9-20(14)10-16-17(18)12-5-3-4-6-15(12)21-16/h3-6,11,13-14,19H,2,7-10H2,1H3. The number of hydrogen-bond acceptors (Lipinski definition) is 3. The van der Waals surface area contributed by atoms with Crippen molar-refractivity contribution in [1.29, 1.82) is 0 Å². The van der Waals surface area contributed by atoms with Gasteiger partial charge in [0.25, 0.3) is 0 Å². The van der Waals surface area contributed by atoms with Gasteiger partial charge in [-0.15, -0.1) is 11.3 Å². The molecule has 3 atom stereocenters. The van der Waals surface area contributed by atoms with Gasteiger partial charge in [0, 0.05) is 34.1 Å². The van der Waals surface area contributed by atoms with Gasteiger partial charge in [0.1, 0.15) is 0 Å². The molecule has 1 aromatic heterocycles. The van der Waals surface area contributed by atoms with E-state index in [-0.39, 0.29) is 0 Å². The number of hydrogen-bond donors (Lipinski definition) is 1. The average Bonchev–Trinajstić information content (AvgIpc) is 3.14. The highest BCUT2D eigenvalue weighted by Crippen LogP contribution is 2.40. The normalized spacial score (nSPS) is 29.3. The van der Waals surface area contributed by atoms with Crippen molar-refractivity contribution in [2.45, 2.75) is 25.9 Å². The molecule has 21 heavy (non-hydrogen) atoms. The SMILES string of the molecule is CCC1C2CNCC2CN1Cc1sc2ccccc2c1Cl. The van der Waals surface area contributed by atoms with Gasteiger partial charge in [0.05, 0.1) is 5.02 Å². The zero-order valence-electron chi connectivity index (χ0n) is 12.3. The second-order valence-corrected chi connectivity index (χ2v) is 7.84. The van der Waals surface area contributed by atoms with Gasteiger partial charge >= 0.3 is 0 Å². The molecule has 2 fully saturated rings. The smallest absolute Gasteiger partial charge is 0.0637 e. The molecular formula is C17H21ClN2S. The lowest BCUT2D eigenvalue weighted by atomic mass is 9.93. The van der Waals surface area contributed by atoms with E-state index in [1.54, 1.807) is 0 Å². The lowest BCUT2D eigenvalue weighted by Gasteiger charge is -2.26. The molecule has 0 amide bonds. The summed E-state index contributed by atoms with van der Waals surface area (Å²) in [5.41, 5.74) is 0. The first-order valence-electron chi connectivity index (χ1n) is 7.88. The van der Waals surface area contributed by atoms with Crippen LogP contribution < -0.4 is 5.32 Å². The minimum Gasteiger partial charge on any atom is -0.316 e. The Morgan fingerprint density at radius 1 is 1.33 bits per heavy atom. The highest BCUT2D eigenvalue weighted by molar-refractivity contribution is 7.19. The molecule has 2 aliphatic rings. The van der Waals surface area contributed by atoms with Crippen molar-refractivity contribution in [2.24, 2.45) is 11.8 Å². The van der Waals surface area contributed by atoms with Crippen molar-refractivity contribution < 1.29 is 0 Å². The van der Waals surface area contributed by atoms with Gasteiger partial charge in [0.2, 0.25) is 0 Å². The zero-order chi connectivity index (χ0) is 14.4. The van der Waals surface area contributed by atoms with Gasteiger partial charge in [-0.25, -0.2) is 0 Å². The Labute approximate surface area is 135 Å².